The number of nitrogens with two attached hydrogens (primary N) is 1. The second-order valence-electron chi connectivity index (χ2n) is 3.89. The average Bonchev–Trinajstić information content (AvgIpc) is 2.29. The van der Waals surface area contributed by atoms with E-state index in [9.17, 15) is 4.79 Å². The highest BCUT2D eigenvalue weighted by atomic mass is 79.9. The maximum absolute atomic E-state index is 12.0. The zero-order valence-electron chi connectivity index (χ0n) is 10.00. The maximum atomic E-state index is 12.0. The van der Waals surface area contributed by atoms with E-state index in [2.05, 4.69) is 27.5 Å². The monoisotopic (exact) mass is 316 g/mol. The van der Waals surface area contributed by atoms with Crippen molar-refractivity contribution in [1.82, 2.24) is 5.32 Å². The molecule has 0 aromatic heterocycles. The second-order valence-corrected chi connectivity index (χ2v) is 5.79. The molecule has 1 aromatic carbocycles. The van der Waals surface area contributed by atoms with Gasteiger partial charge >= 0.3 is 0 Å². The summed E-state index contributed by atoms with van der Waals surface area (Å²) in [6.07, 6.45) is 3.02. The summed E-state index contributed by atoms with van der Waals surface area (Å²) in [6.45, 7) is 2.00. The first-order valence-corrected chi connectivity index (χ1v) is 7.58. The predicted octanol–water partition coefficient (Wildman–Crippen LogP) is 2.90. The molecule has 0 saturated heterocycles. The maximum Gasteiger partial charge on any atom is 0.253 e. The van der Waals surface area contributed by atoms with Crippen molar-refractivity contribution in [3.63, 3.8) is 0 Å². The number of halogens is 1. The molecule has 5 heteroatoms. The summed E-state index contributed by atoms with van der Waals surface area (Å²) in [5, 5.41) is 2.95. The number of nitrogens with one attached hydrogen (secondary N) is 1. The van der Waals surface area contributed by atoms with E-state index >= 15 is 0 Å². The van der Waals surface area contributed by atoms with Crippen LogP contribution in [0.4, 0.5) is 5.69 Å². The quantitative estimate of drug-likeness (QED) is 0.821. The summed E-state index contributed by atoms with van der Waals surface area (Å²) in [5.41, 5.74) is 6.81. The van der Waals surface area contributed by atoms with Crippen molar-refractivity contribution in [2.24, 2.45) is 0 Å². The molecular formula is C12H17BrN2OS. The molecule has 1 aromatic rings. The Morgan fingerprint density at radius 2 is 2.29 bits per heavy atom. The Morgan fingerprint density at radius 1 is 1.59 bits per heavy atom. The third kappa shape index (κ3) is 4.60. The molecule has 0 radical (unpaired) electrons. The number of hydrogen-bond donors (Lipinski definition) is 2. The van der Waals surface area contributed by atoms with Crippen LogP contribution in [0.1, 0.15) is 23.7 Å². The van der Waals surface area contributed by atoms with E-state index in [-0.39, 0.29) is 11.9 Å². The lowest BCUT2D eigenvalue weighted by Gasteiger charge is -2.14. The van der Waals surface area contributed by atoms with Gasteiger partial charge in [0.2, 0.25) is 0 Å². The molecule has 0 aliphatic carbocycles. The summed E-state index contributed by atoms with van der Waals surface area (Å²) in [6, 6.07) is 5.45. The first-order valence-electron chi connectivity index (χ1n) is 5.39. The summed E-state index contributed by atoms with van der Waals surface area (Å²) in [4.78, 5) is 12.0. The van der Waals surface area contributed by atoms with Crippen molar-refractivity contribution in [1.29, 1.82) is 0 Å². The number of rotatable bonds is 5. The summed E-state index contributed by atoms with van der Waals surface area (Å²) in [7, 11) is 0. The lowest BCUT2D eigenvalue weighted by Crippen LogP contribution is -2.33. The Balaban J connectivity index is 2.66. The van der Waals surface area contributed by atoms with Gasteiger partial charge in [-0.05, 0) is 43.6 Å². The molecule has 0 bridgehead atoms. The molecular weight excluding hydrogens is 300 g/mol. The van der Waals surface area contributed by atoms with Crippen molar-refractivity contribution < 1.29 is 4.79 Å². The topological polar surface area (TPSA) is 55.1 Å². The molecule has 3 nitrogen and oxygen atoms in total. The number of amides is 1. The molecule has 1 rings (SSSR count). The SMILES string of the molecule is CSCCC(C)NC(=O)c1cc(Br)ccc1N. The summed E-state index contributed by atoms with van der Waals surface area (Å²) in [5.74, 6) is 0.924. The Labute approximate surface area is 115 Å². The molecule has 17 heavy (non-hydrogen) atoms. The smallest absolute Gasteiger partial charge is 0.253 e. The molecule has 0 spiro atoms. The third-order valence-electron chi connectivity index (χ3n) is 2.39. The van der Waals surface area contributed by atoms with Gasteiger partial charge in [0.15, 0.2) is 0 Å². The van der Waals surface area contributed by atoms with E-state index in [0.29, 0.717) is 11.3 Å². The van der Waals surface area contributed by atoms with Gasteiger partial charge in [-0.1, -0.05) is 15.9 Å². The number of carbonyl (C=O) groups is 1. The van der Waals surface area contributed by atoms with Gasteiger partial charge in [0.1, 0.15) is 0 Å². The number of thioether (sulfide) groups is 1. The van der Waals surface area contributed by atoms with Gasteiger partial charge in [0.05, 0.1) is 5.56 Å². The molecule has 0 heterocycles. The Hall–Kier alpha value is -0.680. The van der Waals surface area contributed by atoms with Crippen LogP contribution < -0.4 is 11.1 Å². The third-order valence-corrected chi connectivity index (χ3v) is 3.53. The molecule has 1 amide bonds. The first-order chi connectivity index (χ1) is 8.04. The van der Waals surface area contributed by atoms with Crippen molar-refractivity contribution in [3.8, 4) is 0 Å². The average molecular weight is 317 g/mol. The van der Waals surface area contributed by atoms with Crippen LogP contribution >= 0.6 is 27.7 Å². The fraction of sp³-hybridized carbons (Fsp3) is 0.417. The predicted molar refractivity (Wildman–Crippen MR) is 78.5 cm³/mol. The zero-order chi connectivity index (χ0) is 12.8. The highest BCUT2D eigenvalue weighted by Crippen LogP contribution is 2.18. The highest BCUT2D eigenvalue weighted by Gasteiger charge is 2.12. The number of hydrogen-bond acceptors (Lipinski definition) is 3. The molecule has 0 aliphatic heterocycles. The van der Waals surface area contributed by atoms with E-state index in [1.807, 2.05) is 13.0 Å². The number of anilines is 1. The van der Waals surface area contributed by atoms with Gasteiger partial charge in [-0.15, -0.1) is 0 Å². The molecule has 3 N–H and O–H groups in total. The lowest BCUT2D eigenvalue weighted by molar-refractivity contribution is 0.0940. The number of benzene rings is 1. The number of nitrogen functional groups attached to an aromatic ring is 1. The Morgan fingerprint density at radius 3 is 2.94 bits per heavy atom. The van der Waals surface area contributed by atoms with E-state index < -0.39 is 0 Å². The van der Waals surface area contributed by atoms with Crippen LogP contribution in [0, 0.1) is 0 Å². The summed E-state index contributed by atoms with van der Waals surface area (Å²) < 4.78 is 0.855. The molecule has 94 valence electrons. The van der Waals surface area contributed by atoms with Gasteiger partial charge in [-0.3, -0.25) is 4.79 Å². The van der Waals surface area contributed by atoms with Crippen molar-refractivity contribution >= 4 is 39.3 Å². The van der Waals surface area contributed by atoms with E-state index in [4.69, 9.17) is 5.73 Å². The zero-order valence-corrected chi connectivity index (χ0v) is 12.4. The van der Waals surface area contributed by atoms with Crippen molar-refractivity contribution in [2.45, 2.75) is 19.4 Å². The minimum Gasteiger partial charge on any atom is -0.398 e. The second kappa shape index (κ2) is 6.91. The summed E-state index contributed by atoms with van der Waals surface area (Å²) >= 11 is 5.11. The molecule has 0 saturated carbocycles. The van der Waals surface area contributed by atoms with Crippen LogP contribution in [0.3, 0.4) is 0 Å². The molecule has 1 atom stereocenters. The number of carbonyl (C=O) groups excluding carboxylic acids is 1. The van der Waals surface area contributed by atoms with Crippen LogP contribution in [0.2, 0.25) is 0 Å². The van der Waals surface area contributed by atoms with E-state index in [1.165, 1.54) is 0 Å². The molecule has 0 fully saturated rings. The van der Waals surface area contributed by atoms with E-state index in [0.717, 1.165) is 16.6 Å². The minimum atomic E-state index is -0.114. The van der Waals surface area contributed by atoms with Crippen LogP contribution in [0.25, 0.3) is 0 Å². The van der Waals surface area contributed by atoms with Crippen molar-refractivity contribution in [2.75, 3.05) is 17.7 Å². The molecule has 1 unspecified atom stereocenters. The van der Waals surface area contributed by atoms with Crippen LogP contribution in [-0.4, -0.2) is 24.0 Å². The van der Waals surface area contributed by atoms with Crippen molar-refractivity contribution in [3.05, 3.63) is 28.2 Å². The normalized spacial score (nSPS) is 12.2. The van der Waals surface area contributed by atoms with Gasteiger partial charge in [0.25, 0.3) is 5.91 Å². The van der Waals surface area contributed by atoms with Crippen LogP contribution in [-0.2, 0) is 0 Å². The van der Waals surface area contributed by atoms with Crippen LogP contribution in [0.15, 0.2) is 22.7 Å². The lowest BCUT2D eigenvalue weighted by atomic mass is 10.1. The fourth-order valence-electron chi connectivity index (χ4n) is 1.39. The van der Waals surface area contributed by atoms with Gasteiger partial charge in [-0.2, -0.15) is 11.8 Å². The van der Waals surface area contributed by atoms with Gasteiger partial charge in [0, 0.05) is 16.2 Å². The Kier molecular flexibility index (Phi) is 5.85. The largest absolute Gasteiger partial charge is 0.398 e. The first kappa shape index (κ1) is 14.4. The highest BCUT2D eigenvalue weighted by molar-refractivity contribution is 9.10. The fourth-order valence-corrected chi connectivity index (χ4v) is 2.34. The minimum absolute atomic E-state index is 0.114. The standard InChI is InChI=1S/C12H17BrN2OS/c1-8(5-6-17-2)15-12(16)10-7-9(13)3-4-11(10)14/h3-4,7-8H,5-6,14H2,1-2H3,(H,15,16). The molecule has 0 aliphatic rings. The van der Waals surface area contributed by atoms with Gasteiger partial charge in [-0.25, -0.2) is 0 Å². The Bertz CT molecular complexity index is 398. The van der Waals surface area contributed by atoms with Gasteiger partial charge < -0.3 is 11.1 Å². The van der Waals surface area contributed by atoms with Crippen LogP contribution in [0.5, 0.6) is 0 Å². The van der Waals surface area contributed by atoms with E-state index in [1.54, 1.807) is 23.9 Å².